The number of nitrogens with zero attached hydrogens (tertiary/aromatic N) is 4. The van der Waals surface area contributed by atoms with Crippen LogP contribution < -0.4 is 5.32 Å². The van der Waals surface area contributed by atoms with E-state index in [1.54, 1.807) is 28.0 Å². The zero-order chi connectivity index (χ0) is 23.8. The second-order valence-electron chi connectivity index (χ2n) is 7.80. The SMILES string of the molecule is CCc1nc(CN2CCN(C(=O)C(CCSC)NC(=O)c3cccc([N+](=O)[O-])c3)CC2)cs1. The molecule has 1 saturated heterocycles. The Kier molecular flexibility index (Phi) is 9.21. The van der Waals surface area contributed by atoms with Gasteiger partial charge >= 0.3 is 0 Å². The van der Waals surface area contributed by atoms with Gasteiger partial charge in [-0.25, -0.2) is 4.98 Å². The maximum atomic E-state index is 13.2. The number of nitro benzene ring substituents is 1. The average molecular weight is 492 g/mol. The zero-order valence-electron chi connectivity index (χ0n) is 18.9. The van der Waals surface area contributed by atoms with Gasteiger partial charge in [-0.3, -0.25) is 24.6 Å². The minimum Gasteiger partial charge on any atom is -0.340 e. The number of hydrogen-bond donors (Lipinski definition) is 1. The van der Waals surface area contributed by atoms with Crippen molar-refractivity contribution in [3.8, 4) is 0 Å². The van der Waals surface area contributed by atoms with Crippen molar-refractivity contribution in [3.63, 3.8) is 0 Å². The molecule has 1 aliphatic rings. The van der Waals surface area contributed by atoms with Crippen LogP contribution in [0.1, 0.15) is 34.4 Å². The van der Waals surface area contributed by atoms with E-state index in [-0.39, 0.29) is 17.2 Å². The fourth-order valence-electron chi connectivity index (χ4n) is 3.66. The van der Waals surface area contributed by atoms with Crippen molar-refractivity contribution in [2.75, 3.05) is 38.2 Å². The lowest BCUT2D eigenvalue weighted by Crippen LogP contribution is -2.55. The molecule has 2 amide bonds. The monoisotopic (exact) mass is 491 g/mol. The van der Waals surface area contributed by atoms with Crippen molar-refractivity contribution < 1.29 is 14.5 Å². The minimum absolute atomic E-state index is 0.107. The number of hydrogen-bond acceptors (Lipinski definition) is 8. The highest BCUT2D eigenvalue weighted by molar-refractivity contribution is 7.98. The molecular formula is C22H29N5O4S2. The van der Waals surface area contributed by atoms with E-state index < -0.39 is 16.9 Å². The number of amides is 2. The van der Waals surface area contributed by atoms with Gasteiger partial charge in [-0.05, 0) is 30.9 Å². The number of non-ortho nitro benzene ring substituents is 1. The number of thiazole rings is 1. The molecule has 1 N–H and O–H groups in total. The molecule has 1 aliphatic heterocycles. The molecule has 0 bridgehead atoms. The van der Waals surface area contributed by atoms with Gasteiger partial charge < -0.3 is 10.2 Å². The maximum Gasteiger partial charge on any atom is 0.270 e. The van der Waals surface area contributed by atoms with Crippen LogP contribution in [0, 0.1) is 10.1 Å². The molecule has 178 valence electrons. The number of carbonyl (C=O) groups excluding carboxylic acids is 2. The summed E-state index contributed by atoms with van der Waals surface area (Å²) in [5.41, 5.74) is 1.08. The van der Waals surface area contributed by atoms with Gasteiger partial charge in [0.15, 0.2) is 0 Å². The quantitative estimate of drug-likeness (QED) is 0.402. The summed E-state index contributed by atoms with van der Waals surface area (Å²) >= 11 is 3.28. The molecule has 1 aromatic heterocycles. The summed E-state index contributed by atoms with van der Waals surface area (Å²) in [7, 11) is 0. The number of thioether (sulfide) groups is 1. The van der Waals surface area contributed by atoms with Gasteiger partial charge in [0.2, 0.25) is 5.91 Å². The number of piperazine rings is 1. The number of nitrogens with one attached hydrogen (secondary N) is 1. The highest BCUT2D eigenvalue weighted by Crippen LogP contribution is 2.16. The zero-order valence-corrected chi connectivity index (χ0v) is 20.5. The fourth-order valence-corrected chi connectivity index (χ4v) is 4.86. The number of benzene rings is 1. The van der Waals surface area contributed by atoms with Crippen molar-refractivity contribution in [3.05, 3.63) is 56.0 Å². The van der Waals surface area contributed by atoms with E-state index in [1.165, 1.54) is 24.3 Å². The van der Waals surface area contributed by atoms with Crippen LogP contribution in [-0.2, 0) is 17.8 Å². The first kappa shape index (κ1) is 25.1. The van der Waals surface area contributed by atoms with E-state index >= 15 is 0 Å². The summed E-state index contributed by atoms with van der Waals surface area (Å²) in [6.07, 6.45) is 3.39. The van der Waals surface area contributed by atoms with Crippen molar-refractivity contribution in [1.29, 1.82) is 0 Å². The fraction of sp³-hybridized carbons (Fsp3) is 0.500. The standard InChI is InChI=1S/C22H29N5O4S2/c1-3-20-23-17(15-33-20)14-25-8-10-26(11-9-25)22(29)19(7-12-32-2)24-21(28)16-5-4-6-18(13-16)27(30)31/h4-6,13,15,19H,3,7-12,14H2,1-2H3,(H,24,28). The van der Waals surface area contributed by atoms with E-state index in [0.717, 1.165) is 42.5 Å². The van der Waals surface area contributed by atoms with E-state index in [2.05, 4.69) is 27.5 Å². The van der Waals surface area contributed by atoms with Crippen LogP contribution in [-0.4, -0.2) is 75.8 Å². The second kappa shape index (κ2) is 12.1. The third kappa shape index (κ3) is 6.99. The lowest BCUT2D eigenvalue weighted by molar-refractivity contribution is -0.384. The summed E-state index contributed by atoms with van der Waals surface area (Å²) in [5, 5.41) is 17.0. The summed E-state index contributed by atoms with van der Waals surface area (Å²) in [6, 6.07) is 4.88. The van der Waals surface area contributed by atoms with E-state index in [4.69, 9.17) is 0 Å². The first-order valence-electron chi connectivity index (χ1n) is 10.9. The van der Waals surface area contributed by atoms with Gasteiger partial charge in [-0.2, -0.15) is 11.8 Å². The average Bonchev–Trinajstić information content (AvgIpc) is 3.29. The van der Waals surface area contributed by atoms with E-state index in [1.807, 2.05) is 6.26 Å². The van der Waals surface area contributed by atoms with Crippen LogP contribution in [0.5, 0.6) is 0 Å². The molecule has 0 saturated carbocycles. The van der Waals surface area contributed by atoms with Crippen LogP contribution in [0.15, 0.2) is 29.6 Å². The molecule has 33 heavy (non-hydrogen) atoms. The molecule has 2 aromatic rings. The largest absolute Gasteiger partial charge is 0.340 e. The molecule has 1 unspecified atom stereocenters. The first-order valence-corrected chi connectivity index (χ1v) is 13.2. The third-order valence-electron chi connectivity index (χ3n) is 5.50. The van der Waals surface area contributed by atoms with Crippen LogP contribution >= 0.6 is 23.1 Å². The highest BCUT2D eigenvalue weighted by Gasteiger charge is 2.29. The molecule has 0 aliphatic carbocycles. The predicted octanol–water partition coefficient (Wildman–Crippen LogP) is 2.81. The Bertz CT molecular complexity index is 975. The Morgan fingerprint density at radius 1 is 1.30 bits per heavy atom. The Balaban J connectivity index is 1.59. The van der Waals surface area contributed by atoms with Gasteiger partial charge in [0.25, 0.3) is 11.6 Å². The summed E-state index contributed by atoms with van der Waals surface area (Å²) in [4.78, 5) is 45.1. The molecule has 9 nitrogen and oxygen atoms in total. The summed E-state index contributed by atoms with van der Waals surface area (Å²) in [5.74, 6) is 0.131. The predicted molar refractivity (Wildman–Crippen MR) is 131 cm³/mol. The molecule has 1 aromatic carbocycles. The number of aromatic nitrogens is 1. The third-order valence-corrected chi connectivity index (χ3v) is 7.19. The van der Waals surface area contributed by atoms with Crippen molar-refractivity contribution >= 4 is 40.6 Å². The van der Waals surface area contributed by atoms with Crippen LogP contribution in [0.2, 0.25) is 0 Å². The number of nitro groups is 1. The van der Waals surface area contributed by atoms with Gasteiger partial charge in [-0.15, -0.1) is 11.3 Å². The van der Waals surface area contributed by atoms with E-state index in [0.29, 0.717) is 19.5 Å². The van der Waals surface area contributed by atoms with Gasteiger partial charge in [0.05, 0.1) is 15.6 Å². The summed E-state index contributed by atoms with van der Waals surface area (Å²) < 4.78 is 0. The smallest absolute Gasteiger partial charge is 0.270 e. The topological polar surface area (TPSA) is 109 Å². The number of aryl methyl sites for hydroxylation is 1. The summed E-state index contributed by atoms with van der Waals surface area (Å²) in [6.45, 7) is 5.55. The van der Waals surface area contributed by atoms with Gasteiger partial charge in [0, 0.05) is 55.8 Å². The second-order valence-corrected chi connectivity index (χ2v) is 9.73. The Hall–Kier alpha value is -2.50. The maximum absolute atomic E-state index is 13.2. The van der Waals surface area contributed by atoms with E-state index in [9.17, 15) is 19.7 Å². The van der Waals surface area contributed by atoms with Gasteiger partial charge in [0.1, 0.15) is 6.04 Å². The molecule has 1 fully saturated rings. The molecule has 1 atom stereocenters. The van der Waals surface area contributed by atoms with Crippen molar-refractivity contribution in [1.82, 2.24) is 20.1 Å². The Labute approximate surface area is 201 Å². The lowest BCUT2D eigenvalue weighted by Gasteiger charge is -2.36. The molecule has 0 radical (unpaired) electrons. The first-order chi connectivity index (χ1) is 15.9. The molecular weight excluding hydrogens is 462 g/mol. The van der Waals surface area contributed by atoms with Gasteiger partial charge in [-0.1, -0.05) is 13.0 Å². The van der Waals surface area contributed by atoms with Crippen LogP contribution in [0.25, 0.3) is 0 Å². The van der Waals surface area contributed by atoms with Crippen LogP contribution in [0.3, 0.4) is 0 Å². The molecule has 2 heterocycles. The molecule has 0 spiro atoms. The Morgan fingerprint density at radius 3 is 2.70 bits per heavy atom. The Morgan fingerprint density at radius 2 is 2.06 bits per heavy atom. The lowest BCUT2D eigenvalue weighted by atomic mass is 10.1. The van der Waals surface area contributed by atoms with Crippen molar-refractivity contribution in [2.24, 2.45) is 0 Å². The van der Waals surface area contributed by atoms with Crippen LogP contribution in [0.4, 0.5) is 5.69 Å². The highest BCUT2D eigenvalue weighted by atomic mass is 32.2. The normalized spacial score (nSPS) is 15.3. The van der Waals surface area contributed by atoms with Crippen molar-refractivity contribution in [2.45, 2.75) is 32.4 Å². The number of rotatable bonds is 10. The minimum atomic E-state index is -0.665. The molecule has 11 heteroatoms. The molecule has 3 rings (SSSR count). The number of carbonyl (C=O) groups is 2.